The summed E-state index contributed by atoms with van der Waals surface area (Å²) in [6.45, 7) is 0. The summed E-state index contributed by atoms with van der Waals surface area (Å²) in [5.41, 5.74) is 7.24. The van der Waals surface area contributed by atoms with Gasteiger partial charge in [-0.1, -0.05) is 12.1 Å². The van der Waals surface area contributed by atoms with E-state index in [1.807, 2.05) is 24.3 Å². The molecule has 2 N–H and O–H groups in total. The number of nitrogens with two attached hydrogens (primary N) is 1. The molecule has 0 radical (unpaired) electrons. The van der Waals surface area contributed by atoms with Crippen molar-refractivity contribution in [1.29, 1.82) is 0 Å². The Morgan fingerprint density at radius 1 is 1.08 bits per heavy atom. The second-order valence-corrected chi connectivity index (χ2v) is 2.47. The van der Waals surface area contributed by atoms with Gasteiger partial charge in [-0.05, 0) is 12.1 Å². The van der Waals surface area contributed by atoms with E-state index in [9.17, 15) is 0 Å². The van der Waals surface area contributed by atoms with Crippen LogP contribution in [0.2, 0.25) is 0 Å². The lowest BCUT2D eigenvalue weighted by atomic mass is 10.2. The first-order valence-corrected chi connectivity index (χ1v) is 3.69. The number of nitrogen functional groups attached to an aromatic ring is 1. The van der Waals surface area contributed by atoms with Gasteiger partial charge in [0.25, 0.3) is 0 Å². The van der Waals surface area contributed by atoms with Gasteiger partial charge in [0, 0.05) is 25.5 Å². The van der Waals surface area contributed by atoms with Gasteiger partial charge in [0.1, 0.15) is 0 Å². The van der Waals surface area contributed by atoms with E-state index in [0.29, 0.717) is 0 Å². The molecule has 0 bridgehead atoms. The summed E-state index contributed by atoms with van der Waals surface area (Å²) in [4.78, 5) is 0. The first-order valence-electron chi connectivity index (χ1n) is 3.69. The summed E-state index contributed by atoms with van der Waals surface area (Å²) in [7, 11) is 3.20. The fourth-order valence-corrected chi connectivity index (χ4v) is 1.02. The monoisotopic (exact) mass is 167 g/mol. The van der Waals surface area contributed by atoms with Crippen molar-refractivity contribution >= 4 is 5.69 Å². The van der Waals surface area contributed by atoms with Crippen LogP contribution in [0.4, 0.5) is 5.69 Å². The normalized spacial score (nSPS) is 10.6. The molecule has 1 rings (SSSR count). The fourth-order valence-electron chi connectivity index (χ4n) is 1.02. The molecule has 0 aliphatic heterocycles. The van der Waals surface area contributed by atoms with Crippen molar-refractivity contribution in [3.63, 3.8) is 0 Å². The lowest BCUT2D eigenvalue weighted by Crippen LogP contribution is -2.03. The SMILES string of the molecule is COC(OC)c1ccc(N)cc1. The molecule has 1 aromatic rings. The minimum absolute atomic E-state index is 0.300. The van der Waals surface area contributed by atoms with Gasteiger partial charge in [-0.15, -0.1) is 0 Å². The van der Waals surface area contributed by atoms with Crippen molar-refractivity contribution in [3.05, 3.63) is 29.8 Å². The molecule has 0 saturated heterocycles. The highest BCUT2D eigenvalue weighted by Gasteiger charge is 2.06. The molecule has 0 spiro atoms. The highest BCUT2D eigenvalue weighted by molar-refractivity contribution is 5.39. The molecule has 0 saturated carbocycles. The lowest BCUT2D eigenvalue weighted by Gasteiger charge is -2.13. The van der Waals surface area contributed by atoms with E-state index in [4.69, 9.17) is 15.2 Å². The Kier molecular flexibility index (Phi) is 3.08. The van der Waals surface area contributed by atoms with Gasteiger partial charge in [-0.25, -0.2) is 0 Å². The van der Waals surface area contributed by atoms with Crippen LogP contribution in [-0.2, 0) is 9.47 Å². The average molecular weight is 167 g/mol. The summed E-state index contributed by atoms with van der Waals surface area (Å²) in [5, 5.41) is 0. The second-order valence-electron chi connectivity index (χ2n) is 2.47. The summed E-state index contributed by atoms with van der Waals surface area (Å²) >= 11 is 0. The number of benzene rings is 1. The smallest absolute Gasteiger partial charge is 0.183 e. The van der Waals surface area contributed by atoms with E-state index in [-0.39, 0.29) is 6.29 Å². The summed E-state index contributed by atoms with van der Waals surface area (Å²) in [6, 6.07) is 7.40. The maximum absolute atomic E-state index is 5.53. The van der Waals surface area contributed by atoms with Crippen LogP contribution in [0.3, 0.4) is 0 Å². The van der Waals surface area contributed by atoms with Crippen molar-refractivity contribution in [3.8, 4) is 0 Å². The molecule has 12 heavy (non-hydrogen) atoms. The molecule has 66 valence electrons. The first kappa shape index (κ1) is 9.03. The molecule has 1 aromatic carbocycles. The van der Waals surface area contributed by atoms with E-state index in [1.165, 1.54) is 0 Å². The molecule has 0 atom stereocenters. The standard InChI is InChI=1S/C9H13NO2/c1-11-9(12-2)7-3-5-8(10)6-4-7/h3-6,9H,10H2,1-2H3. The van der Waals surface area contributed by atoms with E-state index < -0.39 is 0 Å². The van der Waals surface area contributed by atoms with Crippen molar-refractivity contribution in [2.45, 2.75) is 6.29 Å². The molecule has 0 aromatic heterocycles. The number of hydrogen-bond donors (Lipinski definition) is 1. The Balaban J connectivity index is 2.80. The second kappa shape index (κ2) is 4.09. The Bertz CT molecular complexity index is 229. The van der Waals surface area contributed by atoms with Gasteiger partial charge >= 0.3 is 0 Å². The van der Waals surface area contributed by atoms with Gasteiger partial charge in [0.05, 0.1) is 0 Å². The summed E-state index contributed by atoms with van der Waals surface area (Å²) in [6.07, 6.45) is -0.300. The number of ether oxygens (including phenoxy) is 2. The number of rotatable bonds is 3. The molecule has 0 amide bonds. The zero-order valence-electron chi connectivity index (χ0n) is 7.28. The molecular weight excluding hydrogens is 154 g/mol. The number of hydrogen-bond acceptors (Lipinski definition) is 3. The largest absolute Gasteiger partial charge is 0.399 e. The third-order valence-corrected chi connectivity index (χ3v) is 1.64. The Labute approximate surface area is 72.1 Å². The van der Waals surface area contributed by atoms with E-state index >= 15 is 0 Å². The molecule has 3 nitrogen and oxygen atoms in total. The van der Waals surface area contributed by atoms with Crippen LogP contribution < -0.4 is 5.73 Å². The number of methoxy groups -OCH3 is 2. The third kappa shape index (κ3) is 1.96. The van der Waals surface area contributed by atoms with Gasteiger partial charge in [-0.3, -0.25) is 0 Å². The van der Waals surface area contributed by atoms with Crippen LogP contribution in [0.1, 0.15) is 11.9 Å². The minimum Gasteiger partial charge on any atom is -0.399 e. The van der Waals surface area contributed by atoms with Crippen LogP contribution in [-0.4, -0.2) is 14.2 Å². The van der Waals surface area contributed by atoms with E-state index in [0.717, 1.165) is 11.3 Å². The molecule has 0 aliphatic carbocycles. The Morgan fingerprint density at radius 2 is 1.58 bits per heavy atom. The molecule has 3 heteroatoms. The van der Waals surface area contributed by atoms with Crippen molar-refractivity contribution in [2.24, 2.45) is 0 Å². The van der Waals surface area contributed by atoms with Gasteiger partial charge in [0.15, 0.2) is 6.29 Å². The predicted molar refractivity (Wildman–Crippen MR) is 47.6 cm³/mol. The van der Waals surface area contributed by atoms with Gasteiger partial charge < -0.3 is 15.2 Å². The highest BCUT2D eigenvalue weighted by Crippen LogP contribution is 2.17. The molecule has 0 aliphatic rings. The zero-order chi connectivity index (χ0) is 8.97. The predicted octanol–water partition coefficient (Wildman–Crippen LogP) is 1.56. The Hall–Kier alpha value is -1.06. The topological polar surface area (TPSA) is 44.5 Å². The zero-order valence-corrected chi connectivity index (χ0v) is 7.28. The average Bonchev–Trinajstić information content (AvgIpc) is 2.10. The third-order valence-electron chi connectivity index (χ3n) is 1.64. The summed E-state index contributed by atoms with van der Waals surface area (Å²) < 4.78 is 10.1. The molecule has 0 heterocycles. The van der Waals surface area contributed by atoms with Crippen LogP contribution in [0.25, 0.3) is 0 Å². The quantitative estimate of drug-likeness (QED) is 0.549. The fraction of sp³-hybridized carbons (Fsp3) is 0.333. The molecule has 0 unspecified atom stereocenters. The van der Waals surface area contributed by atoms with Crippen molar-refractivity contribution in [1.82, 2.24) is 0 Å². The van der Waals surface area contributed by atoms with Crippen LogP contribution in [0, 0.1) is 0 Å². The van der Waals surface area contributed by atoms with Crippen molar-refractivity contribution < 1.29 is 9.47 Å². The first-order chi connectivity index (χ1) is 5.77. The summed E-state index contributed by atoms with van der Waals surface area (Å²) in [5.74, 6) is 0. The number of anilines is 1. The molecule has 0 fully saturated rings. The Morgan fingerprint density at radius 3 is 2.00 bits per heavy atom. The van der Waals surface area contributed by atoms with Crippen LogP contribution in [0.5, 0.6) is 0 Å². The lowest BCUT2D eigenvalue weighted by molar-refractivity contribution is -0.106. The highest BCUT2D eigenvalue weighted by atomic mass is 16.7. The van der Waals surface area contributed by atoms with Crippen LogP contribution >= 0.6 is 0 Å². The maximum Gasteiger partial charge on any atom is 0.183 e. The van der Waals surface area contributed by atoms with Crippen LogP contribution in [0.15, 0.2) is 24.3 Å². The van der Waals surface area contributed by atoms with Gasteiger partial charge in [0.2, 0.25) is 0 Å². The van der Waals surface area contributed by atoms with E-state index in [1.54, 1.807) is 14.2 Å². The maximum atomic E-state index is 5.53. The molecular formula is C9H13NO2. The van der Waals surface area contributed by atoms with E-state index in [2.05, 4.69) is 0 Å². The van der Waals surface area contributed by atoms with Gasteiger partial charge in [-0.2, -0.15) is 0 Å². The van der Waals surface area contributed by atoms with Crippen molar-refractivity contribution in [2.75, 3.05) is 20.0 Å². The minimum atomic E-state index is -0.300.